The number of phenols is 1. The van der Waals surface area contributed by atoms with E-state index in [0.29, 0.717) is 12.2 Å². The highest BCUT2D eigenvalue weighted by molar-refractivity contribution is 6.60. The van der Waals surface area contributed by atoms with Crippen molar-refractivity contribution in [3.05, 3.63) is 29.8 Å². The van der Waals surface area contributed by atoms with Crippen LogP contribution in [0.25, 0.3) is 0 Å². The van der Waals surface area contributed by atoms with Gasteiger partial charge in [-0.1, -0.05) is 6.42 Å². The molecule has 0 radical (unpaired) electrons. The zero-order valence-electron chi connectivity index (χ0n) is 13.3. The summed E-state index contributed by atoms with van der Waals surface area (Å²) in [6, 6.07) is 6.73. The smallest absolute Gasteiger partial charge is 0.500 e. The van der Waals surface area contributed by atoms with Crippen molar-refractivity contribution in [1.82, 2.24) is 0 Å². The summed E-state index contributed by atoms with van der Waals surface area (Å²) in [4.78, 5) is 11.7. The van der Waals surface area contributed by atoms with E-state index in [-0.39, 0.29) is 11.7 Å². The van der Waals surface area contributed by atoms with E-state index in [9.17, 15) is 4.79 Å². The van der Waals surface area contributed by atoms with Gasteiger partial charge >= 0.3 is 14.8 Å². The van der Waals surface area contributed by atoms with Crippen molar-refractivity contribution >= 4 is 14.8 Å². The molecule has 0 aliphatic rings. The Morgan fingerprint density at radius 2 is 1.59 bits per heavy atom. The minimum Gasteiger partial charge on any atom is -0.508 e. The molecule has 0 bridgehead atoms. The van der Waals surface area contributed by atoms with E-state index in [1.165, 1.54) is 24.3 Å². The van der Waals surface area contributed by atoms with Crippen molar-refractivity contribution in [2.45, 2.75) is 25.3 Å². The van der Waals surface area contributed by atoms with Crippen molar-refractivity contribution in [3.63, 3.8) is 0 Å². The Kier molecular flexibility index (Phi) is 8.11. The Bertz CT molecular complexity index is 436. The molecule has 22 heavy (non-hydrogen) atoms. The number of benzene rings is 1. The number of carbonyl (C=O) groups is 1. The highest BCUT2D eigenvalue weighted by Gasteiger charge is 2.36. The first-order chi connectivity index (χ1) is 10.6. The molecule has 0 fully saturated rings. The summed E-state index contributed by atoms with van der Waals surface area (Å²) in [6.07, 6.45) is 2.55. The topological polar surface area (TPSA) is 74.2 Å². The lowest BCUT2D eigenvalue weighted by Crippen LogP contribution is -2.42. The molecule has 0 atom stereocenters. The fourth-order valence-corrected chi connectivity index (χ4v) is 3.82. The molecule has 1 aromatic carbocycles. The summed E-state index contributed by atoms with van der Waals surface area (Å²) in [5.74, 6) is -0.256. The molecule has 0 aliphatic carbocycles. The molecule has 0 amide bonds. The van der Waals surface area contributed by atoms with Crippen LogP contribution in [0.1, 0.15) is 29.6 Å². The molecule has 0 heterocycles. The van der Waals surface area contributed by atoms with Gasteiger partial charge in [0.05, 0.1) is 12.2 Å². The summed E-state index contributed by atoms with van der Waals surface area (Å²) in [5, 5.41) is 9.16. The molecule has 6 nitrogen and oxygen atoms in total. The molecule has 0 spiro atoms. The van der Waals surface area contributed by atoms with Gasteiger partial charge in [-0.15, -0.1) is 0 Å². The first kappa shape index (κ1) is 18.6. The monoisotopic (exact) mass is 328 g/mol. The van der Waals surface area contributed by atoms with Crippen LogP contribution in [0.2, 0.25) is 6.04 Å². The third kappa shape index (κ3) is 5.76. The van der Waals surface area contributed by atoms with Gasteiger partial charge in [0.2, 0.25) is 0 Å². The minimum atomic E-state index is -2.49. The van der Waals surface area contributed by atoms with Crippen molar-refractivity contribution in [2.24, 2.45) is 0 Å². The van der Waals surface area contributed by atoms with Gasteiger partial charge in [-0.25, -0.2) is 4.79 Å². The SMILES string of the molecule is CO[Si](CCCCCOC(=O)c1ccc(O)cc1)(OC)OC. The second-order valence-corrected chi connectivity index (χ2v) is 7.88. The number of hydrogen-bond acceptors (Lipinski definition) is 6. The lowest BCUT2D eigenvalue weighted by molar-refractivity contribution is 0.0497. The summed E-state index contributed by atoms with van der Waals surface area (Å²) in [6.45, 7) is 0.362. The maximum absolute atomic E-state index is 11.7. The Balaban J connectivity index is 2.20. The van der Waals surface area contributed by atoms with Crippen molar-refractivity contribution in [3.8, 4) is 5.75 Å². The molecule has 0 saturated heterocycles. The molecule has 1 N–H and O–H groups in total. The van der Waals surface area contributed by atoms with Crippen LogP contribution in [0.5, 0.6) is 5.75 Å². The lowest BCUT2D eigenvalue weighted by atomic mass is 10.2. The fourth-order valence-electron chi connectivity index (χ4n) is 2.02. The number of ether oxygens (including phenoxy) is 1. The zero-order valence-corrected chi connectivity index (χ0v) is 14.3. The van der Waals surface area contributed by atoms with Crippen LogP contribution in [0.4, 0.5) is 0 Å². The average molecular weight is 328 g/mol. The number of aromatic hydroxyl groups is 1. The Morgan fingerprint density at radius 1 is 1.00 bits per heavy atom. The zero-order chi connectivity index (χ0) is 16.4. The fraction of sp³-hybridized carbons (Fsp3) is 0.533. The van der Waals surface area contributed by atoms with Gasteiger partial charge in [0.1, 0.15) is 5.75 Å². The third-order valence-corrected chi connectivity index (χ3v) is 6.23. The Labute approximate surface area is 132 Å². The highest BCUT2D eigenvalue weighted by Crippen LogP contribution is 2.17. The van der Waals surface area contributed by atoms with Crippen molar-refractivity contribution in [1.29, 1.82) is 0 Å². The number of carbonyl (C=O) groups excluding carboxylic acids is 1. The van der Waals surface area contributed by atoms with Gasteiger partial charge in [-0.05, 0) is 37.1 Å². The lowest BCUT2D eigenvalue weighted by Gasteiger charge is -2.24. The maximum atomic E-state index is 11.7. The van der Waals surface area contributed by atoms with Gasteiger partial charge in [0.25, 0.3) is 0 Å². The molecule has 0 saturated carbocycles. The van der Waals surface area contributed by atoms with E-state index in [1.807, 2.05) is 0 Å². The predicted molar refractivity (Wildman–Crippen MR) is 83.8 cm³/mol. The summed E-state index contributed by atoms with van der Waals surface area (Å²) in [5.41, 5.74) is 0.433. The van der Waals surface area contributed by atoms with Crippen molar-refractivity contribution in [2.75, 3.05) is 27.9 Å². The molecule has 1 rings (SSSR count). The van der Waals surface area contributed by atoms with Crippen LogP contribution in [-0.2, 0) is 18.0 Å². The average Bonchev–Trinajstić information content (AvgIpc) is 2.55. The highest BCUT2D eigenvalue weighted by atomic mass is 28.4. The van der Waals surface area contributed by atoms with Crippen LogP contribution >= 0.6 is 0 Å². The largest absolute Gasteiger partial charge is 0.508 e. The normalized spacial score (nSPS) is 11.4. The number of rotatable bonds is 10. The van der Waals surface area contributed by atoms with E-state index in [4.69, 9.17) is 23.1 Å². The molecule has 0 unspecified atom stereocenters. The van der Waals surface area contributed by atoms with Crippen molar-refractivity contribution < 1.29 is 27.9 Å². The molecule has 124 valence electrons. The number of esters is 1. The quantitative estimate of drug-likeness (QED) is 0.404. The molecule has 1 aromatic rings. The summed E-state index contributed by atoms with van der Waals surface area (Å²) in [7, 11) is 2.30. The minimum absolute atomic E-state index is 0.124. The van der Waals surface area contributed by atoms with Gasteiger partial charge in [0.15, 0.2) is 0 Å². The van der Waals surface area contributed by atoms with Gasteiger partial charge < -0.3 is 23.1 Å². The van der Waals surface area contributed by atoms with E-state index in [0.717, 1.165) is 25.3 Å². The number of phenolic OH excluding ortho intramolecular Hbond substituents is 1. The van der Waals surface area contributed by atoms with Crippen LogP contribution < -0.4 is 0 Å². The van der Waals surface area contributed by atoms with Crippen LogP contribution in [0, 0.1) is 0 Å². The molecular weight excluding hydrogens is 304 g/mol. The number of unbranched alkanes of at least 4 members (excludes halogenated alkanes) is 2. The number of hydrogen-bond donors (Lipinski definition) is 1. The second-order valence-electron chi connectivity index (χ2n) is 4.79. The van der Waals surface area contributed by atoms with Gasteiger partial charge in [-0.2, -0.15) is 0 Å². The van der Waals surface area contributed by atoms with E-state index in [1.54, 1.807) is 21.3 Å². The Hall–Kier alpha value is -1.41. The molecular formula is C15H24O6Si. The van der Waals surface area contributed by atoms with E-state index >= 15 is 0 Å². The van der Waals surface area contributed by atoms with E-state index < -0.39 is 8.80 Å². The third-order valence-electron chi connectivity index (χ3n) is 3.40. The summed E-state index contributed by atoms with van der Waals surface area (Å²) < 4.78 is 21.2. The van der Waals surface area contributed by atoms with Crippen LogP contribution in [0.3, 0.4) is 0 Å². The standard InChI is InChI=1S/C15H24O6Si/c1-18-22(19-2,20-3)12-6-4-5-11-21-15(17)13-7-9-14(16)10-8-13/h7-10,16H,4-6,11-12H2,1-3H3. The van der Waals surface area contributed by atoms with Crippen LogP contribution in [-0.4, -0.2) is 47.8 Å². The second kappa shape index (κ2) is 9.57. The molecule has 0 aliphatic heterocycles. The first-order valence-electron chi connectivity index (χ1n) is 7.18. The first-order valence-corrected chi connectivity index (χ1v) is 9.11. The predicted octanol–water partition coefficient (Wildman–Crippen LogP) is 2.60. The molecule has 0 aromatic heterocycles. The van der Waals surface area contributed by atoms with Gasteiger partial charge in [0, 0.05) is 27.4 Å². The van der Waals surface area contributed by atoms with Gasteiger partial charge in [-0.3, -0.25) is 0 Å². The summed E-state index contributed by atoms with van der Waals surface area (Å²) >= 11 is 0. The van der Waals surface area contributed by atoms with E-state index in [2.05, 4.69) is 0 Å². The maximum Gasteiger partial charge on any atom is 0.500 e. The molecule has 7 heteroatoms. The van der Waals surface area contributed by atoms with Crippen LogP contribution in [0.15, 0.2) is 24.3 Å². The Morgan fingerprint density at radius 3 is 2.14 bits per heavy atom.